The van der Waals surface area contributed by atoms with Crippen LogP contribution in [-0.4, -0.2) is 33.4 Å². The summed E-state index contributed by atoms with van der Waals surface area (Å²) in [5.41, 5.74) is 0. The standard InChI is InChI=1S/C9H19NO3S/c1-4-10-14(11,12)9-7(2)5-13-6-8(9)3/h7-10H,4-6H2,1-3H3/t7-,8-/m0/s1. The molecule has 0 aliphatic carbocycles. The summed E-state index contributed by atoms with van der Waals surface area (Å²) in [6, 6.07) is 0. The van der Waals surface area contributed by atoms with Gasteiger partial charge in [-0.1, -0.05) is 20.8 Å². The quantitative estimate of drug-likeness (QED) is 0.759. The van der Waals surface area contributed by atoms with Crippen LogP contribution in [0, 0.1) is 11.8 Å². The normalized spacial score (nSPS) is 30.5. The van der Waals surface area contributed by atoms with Crippen molar-refractivity contribution in [1.29, 1.82) is 0 Å². The summed E-state index contributed by atoms with van der Waals surface area (Å²) in [4.78, 5) is 0. The molecular weight excluding hydrogens is 202 g/mol. The van der Waals surface area contributed by atoms with Gasteiger partial charge in [-0.05, 0) is 11.8 Å². The lowest BCUT2D eigenvalue weighted by Gasteiger charge is -2.33. The van der Waals surface area contributed by atoms with Gasteiger partial charge in [-0.15, -0.1) is 0 Å². The Morgan fingerprint density at radius 2 is 1.79 bits per heavy atom. The molecular formula is C9H19NO3S. The fourth-order valence-electron chi connectivity index (χ4n) is 2.10. The zero-order chi connectivity index (χ0) is 10.8. The van der Waals surface area contributed by atoms with E-state index < -0.39 is 10.0 Å². The van der Waals surface area contributed by atoms with Gasteiger partial charge in [0.2, 0.25) is 10.0 Å². The zero-order valence-electron chi connectivity index (χ0n) is 8.99. The van der Waals surface area contributed by atoms with Crippen LogP contribution in [0.5, 0.6) is 0 Å². The third-order valence-electron chi connectivity index (χ3n) is 2.59. The molecule has 1 rings (SSSR count). The summed E-state index contributed by atoms with van der Waals surface area (Å²) >= 11 is 0. The first-order valence-corrected chi connectivity index (χ1v) is 6.60. The van der Waals surface area contributed by atoms with E-state index in [9.17, 15) is 8.42 Å². The molecule has 0 spiro atoms. The minimum atomic E-state index is -3.16. The third kappa shape index (κ3) is 2.46. The predicted molar refractivity (Wildman–Crippen MR) is 55.5 cm³/mol. The van der Waals surface area contributed by atoms with Crippen molar-refractivity contribution in [2.75, 3.05) is 19.8 Å². The van der Waals surface area contributed by atoms with Gasteiger partial charge in [0.05, 0.1) is 18.5 Å². The SMILES string of the molecule is CCNS(=O)(=O)C1[C@@H](C)COC[C@@H]1C. The highest BCUT2D eigenvalue weighted by Crippen LogP contribution is 2.25. The maximum Gasteiger partial charge on any atom is 0.215 e. The molecule has 0 saturated carbocycles. The van der Waals surface area contributed by atoms with Gasteiger partial charge in [-0.25, -0.2) is 13.1 Å². The highest BCUT2D eigenvalue weighted by molar-refractivity contribution is 7.90. The topological polar surface area (TPSA) is 55.4 Å². The molecule has 5 heteroatoms. The Hall–Kier alpha value is -0.130. The molecule has 0 aromatic carbocycles. The number of rotatable bonds is 3. The molecule has 0 aromatic rings. The second-order valence-corrected chi connectivity index (χ2v) is 5.92. The van der Waals surface area contributed by atoms with E-state index >= 15 is 0 Å². The molecule has 0 radical (unpaired) electrons. The Labute approximate surface area is 86.1 Å². The van der Waals surface area contributed by atoms with Crippen LogP contribution >= 0.6 is 0 Å². The lowest BCUT2D eigenvalue weighted by atomic mass is 9.95. The minimum Gasteiger partial charge on any atom is -0.381 e. The van der Waals surface area contributed by atoms with Crippen molar-refractivity contribution in [3.63, 3.8) is 0 Å². The molecule has 1 aliphatic heterocycles. The molecule has 0 unspecified atom stereocenters. The van der Waals surface area contributed by atoms with Crippen LogP contribution in [0.15, 0.2) is 0 Å². The van der Waals surface area contributed by atoms with Crippen LogP contribution in [0.4, 0.5) is 0 Å². The molecule has 1 heterocycles. The largest absolute Gasteiger partial charge is 0.381 e. The zero-order valence-corrected chi connectivity index (χ0v) is 9.80. The van der Waals surface area contributed by atoms with Gasteiger partial charge < -0.3 is 4.74 Å². The molecule has 0 bridgehead atoms. The second kappa shape index (κ2) is 4.59. The van der Waals surface area contributed by atoms with Gasteiger partial charge in [-0.2, -0.15) is 0 Å². The van der Waals surface area contributed by atoms with Gasteiger partial charge in [0.25, 0.3) is 0 Å². The molecule has 84 valence electrons. The lowest BCUT2D eigenvalue weighted by Crippen LogP contribution is -2.47. The van der Waals surface area contributed by atoms with Crippen LogP contribution in [0.3, 0.4) is 0 Å². The lowest BCUT2D eigenvalue weighted by molar-refractivity contribution is 0.0300. The van der Waals surface area contributed by atoms with E-state index in [-0.39, 0.29) is 17.1 Å². The third-order valence-corrected chi connectivity index (χ3v) is 4.92. The molecule has 1 aliphatic rings. The van der Waals surface area contributed by atoms with E-state index in [4.69, 9.17) is 4.74 Å². The average Bonchev–Trinajstić information content (AvgIpc) is 2.02. The highest BCUT2D eigenvalue weighted by Gasteiger charge is 2.38. The van der Waals surface area contributed by atoms with Crippen LogP contribution in [-0.2, 0) is 14.8 Å². The van der Waals surface area contributed by atoms with Gasteiger partial charge in [0, 0.05) is 6.54 Å². The van der Waals surface area contributed by atoms with E-state index in [1.54, 1.807) is 6.92 Å². The number of hydrogen-bond acceptors (Lipinski definition) is 3. The summed E-state index contributed by atoms with van der Waals surface area (Å²) in [7, 11) is -3.16. The van der Waals surface area contributed by atoms with E-state index in [0.29, 0.717) is 19.8 Å². The van der Waals surface area contributed by atoms with E-state index in [1.807, 2.05) is 13.8 Å². The van der Waals surface area contributed by atoms with E-state index in [2.05, 4.69) is 4.72 Å². The van der Waals surface area contributed by atoms with Crippen molar-refractivity contribution in [2.45, 2.75) is 26.0 Å². The summed E-state index contributed by atoms with van der Waals surface area (Å²) in [6.45, 7) is 7.19. The Bertz CT molecular complexity index is 266. The van der Waals surface area contributed by atoms with Crippen molar-refractivity contribution in [3.8, 4) is 0 Å². The molecule has 1 N–H and O–H groups in total. The van der Waals surface area contributed by atoms with Gasteiger partial charge >= 0.3 is 0 Å². The van der Waals surface area contributed by atoms with Crippen molar-refractivity contribution in [2.24, 2.45) is 11.8 Å². The molecule has 2 atom stereocenters. The second-order valence-electron chi connectivity index (χ2n) is 4.00. The van der Waals surface area contributed by atoms with Crippen LogP contribution < -0.4 is 4.72 Å². The van der Waals surface area contributed by atoms with Gasteiger partial charge in [0.1, 0.15) is 0 Å². The van der Waals surface area contributed by atoms with Gasteiger partial charge in [-0.3, -0.25) is 0 Å². The molecule has 0 amide bonds. The first kappa shape index (κ1) is 11.9. The van der Waals surface area contributed by atoms with Crippen molar-refractivity contribution in [1.82, 2.24) is 4.72 Å². The molecule has 1 saturated heterocycles. The number of nitrogens with one attached hydrogen (secondary N) is 1. The summed E-state index contributed by atoms with van der Waals surface area (Å²) < 4.78 is 31.6. The Morgan fingerprint density at radius 1 is 1.29 bits per heavy atom. The minimum absolute atomic E-state index is 0.0720. The average molecular weight is 221 g/mol. The molecule has 14 heavy (non-hydrogen) atoms. The first-order chi connectivity index (χ1) is 6.49. The predicted octanol–water partition coefficient (Wildman–Crippen LogP) is 0.597. The number of sulfonamides is 1. The molecule has 1 fully saturated rings. The maximum atomic E-state index is 11.8. The number of ether oxygens (including phenoxy) is 1. The summed E-state index contributed by atoms with van der Waals surface area (Å²) in [6.07, 6.45) is 0. The Kier molecular flexibility index (Phi) is 3.92. The van der Waals surface area contributed by atoms with Gasteiger partial charge in [0.15, 0.2) is 0 Å². The summed E-state index contributed by atoms with van der Waals surface area (Å²) in [5, 5.41) is -0.309. The fraction of sp³-hybridized carbons (Fsp3) is 1.00. The smallest absolute Gasteiger partial charge is 0.215 e. The first-order valence-electron chi connectivity index (χ1n) is 5.05. The highest BCUT2D eigenvalue weighted by atomic mass is 32.2. The Balaban J connectivity index is 2.82. The van der Waals surface area contributed by atoms with Crippen LogP contribution in [0.25, 0.3) is 0 Å². The van der Waals surface area contributed by atoms with E-state index in [0.717, 1.165) is 0 Å². The molecule has 0 aromatic heterocycles. The number of hydrogen-bond donors (Lipinski definition) is 1. The van der Waals surface area contributed by atoms with E-state index in [1.165, 1.54) is 0 Å². The maximum absolute atomic E-state index is 11.8. The monoisotopic (exact) mass is 221 g/mol. The van der Waals surface area contributed by atoms with Crippen LogP contribution in [0.1, 0.15) is 20.8 Å². The van der Waals surface area contributed by atoms with Crippen molar-refractivity contribution < 1.29 is 13.2 Å². The Morgan fingerprint density at radius 3 is 2.21 bits per heavy atom. The van der Waals surface area contributed by atoms with Crippen molar-refractivity contribution in [3.05, 3.63) is 0 Å². The fourth-order valence-corrected chi connectivity index (χ4v) is 4.07. The summed E-state index contributed by atoms with van der Waals surface area (Å²) in [5.74, 6) is 0.144. The molecule has 4 nitrogen and oxygen atoms in total. The van der Waals surface area contributed by atoms with Crippen LogP contribution in [0.2, 0.25) is 0 Å². The van der Waals surface area contributed by atoms with Crippen molar-refractivity contribution >= 4 is 10.0 Å².